The Balaban J connectivity index is 1.95. The molecule has 22 heavy (non-hydrogen) atoms. The molecular formula is C15H11BrF2N2OS. The minimum Gasteiger partial charge on any atom is -0.450 e. The number of nitrogens with zero attached hydrogens (tertiary/aromatic N) is 2. The number of para-hydroxylation sites is 1. The predicted molar refractivity (Wildman–Crippen MR) is 87.1 cm³/mol. The highest BCUT2D eigenvalue weighted by molar-refractivity contribution is 9.10. The quantitative estimate of drug-likeness (QED) is 0.717. The first kappa shape index (κ1) is 15.3. The second-order valence-electron chi connectivity index (χ2n) is 4.61. The Morgan fingerprint density at radius 2 is 2.05 bits per heavy atom. The van der Waals surface area contributed by atoms with Gasteiger partial charge in [0.1, 0.15) is 11.6 Å². The van der Waals surface area contributed by atoms with Crippen LogP contribution >= 0.6 is 27.7 Å². The van der Waals surface area contributed by atoms with E-state index >= 15 is 0 Å². The fourth-order valence-corrected chi connectivity index (χ4v) is 3.20. The van der Waals surface area contributed by atoms with Crippen molar-refractivity contribution in [3.8, 4) is 11.5 Å². The van der Waals surface area contributed by atoms with Crippen LogP contribution in [0.1, 0.15) is 6.92 Å². The van der Waals surface area contributed by atoms with Gasteiger partial charge in [-0.1, -0.05) is 6.07 Å². The minimum absolute atomic E-state index is 0.304. The van der Waals surface area contributed by atoms with Crippen LogP contribution in [-0.2, 0) is 0 Å². The Kier molecular flexibility index (Phi) is 4.35. The lowest BCUT2D eigenvalue weighted by Crippen LogP contribution is -2.17. The van der Waals surface area contributed by atoms with Gasteiger partial charge in [0.2, 0.25) is 0 Å². The van der Waals surface area contributed by atoms with Crippen molar-refractivity contribution >= 4 is 33.5 Å². The molecule has 3 rings (SSSR count). The maximum Gasteiger partial charge on any atom is 0.198 e. The normalized spacial score (nSPS) is 14.2. The molecule has 0 saturated carbocycles. The van der Waals surface area contributed by atoms with Gasteiger partial charge < -0.3 is 9.64 Å². The number of thioether (sulfide) groups is 1. The third-order valence-electron chi connectivity index (χ3n) is 3.10. The number of anilines is 1. The van der Waals surface area contributed by atoms with Crippen molar-refractivity contribution in [2.24, 2.45) is 0 Å². The van der Waals surface area contributed by atoms with Crippen LogP contribution in [-0.4, -0.2) is 10.9 Å². The first-order chi connectivity index (χ1) is 10.6. The number of benzene rings is 1. The molecule has 1 aliphatic rings. The van der Waals surface area contributed by atoms with E-state index in [-0.39, 0.29) is 0 Å². The molecule has 0 saturated heterocycles. The van der Waals surface area contributed by atoms with Gasteiger partial charge in [-0.2, -0.15) is 0 Å². The summed E-state index contributed by atoms with van der Waals surface area (Å²) in [6, 6.07) is 5.25. The van der Waals surface area contributed by atoms with Gasteiger partial charge >= 0.3 is 0 Å². The van der Waals surface area contributed by atoms with Gasteiger partial charge in [0.15, 0.2) is 17.4 Å². The smallest absolute Gasteiger partial charge is 0.198 e. The summed E-state index contributed by atoms with van der Waals surface area (Å²) in [5, 5.41) is 2.03. The number of ether oxygens (including phenoxy) is 1. The molecule has 114 valence electrons. The lowest BCUT2D eigenvalue weighted by atomic mass is 10.3. The molecule has 1 aliphatic heterocycles. The van der Waals surface area contributed by atoms with E-state index in [9.17, 15) is 8.78 Å². The van der Waals surface area contributed by atoms with Crippen molar-refractivity contribution in [2.75, 3.05) is 10.8 Å². The number of hydrogen-bond donors (Lipinski definition) is 0. The predicted octanol–water partition coefficient (Wildman–Crippen LogP) is 5.29. The number of rotatable bonds is 3. The molecule has 7 heteroatoms. The molecule has 1 aromatic carbocycles. The maximum absolute atomic E-state index is 13.7. The van der Waals surface area contributed by atoms with E-state index in [1.807, 2.05) is 17.2 Å². The zero-order valence-electron chi connectivity index (χ0n) is 11.5. The maximum atomic E-state index is 13.7. The van der Waals surface area contributed by atoms with Crippen LogP contribution < -0.4 is 9.64 Å². The monoisotopic (exact) mass is 384 g/mol. The second-order valence-corrected chi connectivity index (χ2v) is 6.29. The number of allylic oxidation sites excluding steroid dienone is 1. The van der Waals surface area contributed by atoms with Gasteiger partial charge in [-0.3, -0.25) is 0 Å². The van der Waals surface area contributed by atoms with Crippen molar-refractivity contribution in [1.82, 2.24) is 4.98 Å². The number of pyridine rings is 1. The molecule has 0 N–H and O–H groups in total. The summed E-state index contributed by atoms with van der Waals surface area (Å²) in [6.07, 6.45) is 1.56. The van der Waals surface area contributed by atoms with Gasteiger partial charge in [0.25, 0.3) is 0 Å². The van der Waals surface area contributed by atoms with E-state index in [2.05, 4.69) is 20.9 Å². The Morgan fingerprint density at radius 1 is 1.32 bits per heavy atom. The lowest BCUT2D eigenvalue weighted by molar-refractivity contribution is 0.405. The summed E-state index contributed by atoms with van der Waals surface area (Å²) in [6.45, 7) is 1.97. The lowest BCUT2D eigenvalue weighted by Gasteiger charge is -2.19. The molecule has 0 spiro atoms. The zero-order chi connectivity index (χ0) is 15.7. The van der Waals surface area contributed by atoms with Crippen molar-refractivity contribution in [1.29, 1.82) is 0 Å². The standard InChI is InChI=1S/C15H11BrF2N2OS/c1-9-7-22-8-20(9)14-5-13(10(16)6-19-14)21-15-11(17)3-2-4-12(15)18/h2-7H,8H2,1H3. The highest BCUT2D eigenvalue weighted by Gasteiger charge is 2.18. The molecule has 3 nitrogen and oxygen atoms in total. The van der Waals surface area contributed by atoms with E-state index in [0.717, 1.165) is 23.7 Å². The molecule has 2 aromatic rings. The number of halogens is 3. The second kappa shape index (κ2) is 6.26. The van der Waals surface area contributed by atoms with Crippen LogP contribution in [0.25, 0.3) is 0 Å². The third-order valence-corrected chi connectivity index (χ3v) is 4.61. The van der Waals surface area contributed by atoms with Gasteiger partial charge in [0, 0.05) is 18.0 Å². The van der Waals surface area contributed by atoms with Crippen LogP contribution in [0.4, 0.5) is 14.6 Å². The van der Waals surface area contributed by atoms with E-state index < -0.39 is 17.4 Å². The van der Waals surface area contributed by atoms with E-state index in [0.29, 0.717) is 16.0 Å². The van der Waals surface area contributed by atoms with Crippen LogP contribution in [0.5, 0.6) is 11.5 Å². The Bertz CT molecular complexity index is 734. The SMILES string of the molecule is CC1=CSCN1c1cc(Oc2c(F)cccc2F)c(Br)cn1. The van der Waals surface area contributed by atoms with Crippen molar-refractivity contribution in [2.45, 2.75) is 6.92 Å². The van der Waals surface area contributed by atoms with Crippen molar-refractivity contribution in [3.05, 3.63) is 57.7 Å². The highest BCUT2D eigenvalue weighted by atomic mass is 79.9. The average Bonchev–Trinajstić information content (AvgIpc) is 2.91. The first-order valence-electron chi connectivity index (χ1n) is 6.39. The zero-order valence-corrected chi connectivity index (χ0v) is 13.9. The van der Waals surface area contributed by atoms with Crippen LogP contribution in [0, 0.1) is 11.6 Å². The summed E-state index contributed by atoms with van der Waals surface area (Å²) < 4.78 is 33.4. The van der Waals surface area contributed by atoms with Gasteiger partial charge in [-0.15, -0.1) is 11.8 Å². The Hall–Kier alpha value is -1.60. The van der Waals surface area contributed by atoms with Gasteiger partial charge in [-0.05, 0) is 40.4 Å². The molecular weight excluding hydrogens is 374 g/mol. The molecule has 0 atom stereocenters. The molecule has 0 bridgehead atoms. The van der Waals surface area contributed by atoms with Gasteiger partial charge in [-0.25, -0.2) is 13.8 Å². The Labute approximate surface area is 139 Å². The first-order valence-corrected chi connectivity index (χ1v) is 8.24. The molecule has 1 aromatic heterocycles. The average molecular weight is 385 g/mol. The molecule has 0 aliphatic carbocycles. The van der Waals surface area contributed by atoms with Crippen molar-refractivity contribution < 1.29 is 13.5 Å². The van der Waals surface area contributed by atoms with Crippen LogP contribution in [0.2, 0.25) is 0 Å². The molecule has 0 fully saturated rings. The fraction of sp³-hybridized carbons (Fsp3) is 0.133. The van der Waals surface area contributed by atoms with Crippen LogP contribution in [0.3, 0.4) is 0 Å². The molecule has 2 heterocycles. The number of aromatic nitrogens is 1. The van der Waals surface area contributed by atoms with E-state index in [1.54, 1.807) is 24.0 Å². The summed E-state index contributed by atoms with van der Waals surface area (Å²) in [5.74, 6) is -0.222. The summed E-state index contributed by atoms with van der Waals surface area (Å²) in [5.41, 5.74) is 1.06. The van der Waals surface area contributed by atoms with E-state index in [4.69, 9.17) is 4.74 Å². The van der Waals surface area contributed by atoms with Crippen molar-refractivity contribution in [3.63, 3.8) is 0 Å². The summed E-state index contributed by atoms with van der Waals surface area (Å²) in [4.78, 5) is 6.30. The molecule has 0 amide bonds. The van der Waals surface area contributed by atoms with E-state index in [1.165, 1.54) is 6.07 Å². The van der Waals surface area contributed by atoms with Crippen LogP contribution in [0.15, 0.2) is 46.0 Å². The number of hydrogen-bond acceptors (Lipinski definition) is 4. The summed E-state index contributed by atoms with van der Waals surface area (Å²) in [7, 11) is 0. The summed E-state index contributed by atoms with van der Waals surface area (Å²) >= 11 is 4.95. The minimum atomic E-state index is -0.752. The molecule has 0 unspecified atom stereocenters. The largest absolute Gasteiger partial charge is 0.450 e. The van der Waals surface area contributed by atoms with Gasteiger partial charge in [0.05, 0.1) is 10.3 Å². The Morgan fingerprint density at radius 3 is 2.68 bits per heavy atom. The fourth-order valence-electron chi connectivity index (χ4n) is 1.97. The highest BCUT2D eigenvalue weighted by Crippen LogP contribution is 2.36. The topological polar surface area (TPSA) is 25.4 Å². The third kappa shape index (κ3) is 2.96. The molecule has 0 radical (unpaired) electrons.